The van der Waals surface area contributed by atoms with Crippen molar-refractivity contribution in [3.05, 3.63) is 84.9 Å². The fourth-order valence-electron chi connectivity index (χ4n) is 2.92. The van der Waals surface area contributed by atoms with E-state index in [9.17, 15) is 0 Å². The van der Waals surface area contributed by atoms with Crippen LogP contribution in [-0.2, 0) is 19.5 Å². The third kappa shape index (κ3) is 3.58. The summed E-state index contributed by atoms with van der Waals surface area (Å²) in [6.45, 7) is 0. The fraction of sp³-hybridized carbons (Fsp3) is 0. The van der Waals surface area contributed by atoms with Gasteiger partial charge in [0, 0.05) is 0 Å². The molecule has 0 atom stereocenters. The van der Waals surface area contributed by atoms with Crippen molar-refractivity contribution in [1.29, 1.82) is 0 Å². The molecule has 0 aliphatic heterocycles. The van der Waals surface area contributed by atoms with Gasteiger partial charge in [-0.05, 0) is 32.7 Å². The summed E-state index contributed by atoms with van der Waals surface area (Å²) >= 11 is 0. The average Bonchev–Trinajstić information content (AvgIpc) is 2.54. The van der Waals surface area contributed by atoms with E-state index in [1.165, 1.54) is 32.7 Å². The average molecular weight is 426 g/mol. The Balaban J connectivity index is 0.000000882. The molecule has 0 N–H and O–H groups in total. The van der Waals surface area contributed by atoms with Gasteiger partial charge in [0.2, 0.25) is 0 Å². The number of hydrogen-bond donors (Lipinski definition) is 0. The summed E-state index contributed by atoms with van der Waals surface area (Å²) in [4.78, 5) is 0. The first kappa shape index (κ1) is 19.6. The fourth-order valence-corrected chi connectivity index (χ4v) is 2.92. The Kier molecular flexibility index (Phi) is 7.22. The SMILES string of the molecule is [Cl-].[Cl-].[Ru+2].c1ccc2c(-c3cccc4ccccc34)cccc2c1. The van der Waals surface area contributed by atoms with Crippen molar-refractivity contribution in [2.45, 2.75) is 0 Å². The summed E-state index contributed by atoms with van der Waals surface area (Å²) in [5.74, 6) is 0. The van der Waals surface area contributed by atoms with Crippen LogP contribution in [0.3, 0.4) is 0 Å². The van der Waals surface area contributed by atoms with Gasteiger partial charge in [0.05, 0.1) is 0 Å². The van der Waals surface area contributed by atoms with Crippen LogP contribution in [0.2, 0.25) is 0 Å². The second-order valence-electron chi connectivity index (χ2n) is 5.05. The van der Waals surface area contributed by atoms with Crippen molar-refractivity contribution >= 4 is 21.5 Å². The van der Waals surface area contributed by atoms with Crippen molar-refractivity contribution < 1.29 is 44.3 Å². The van der Waals surface area contributed by atoms with E-state index in [4.69, 9.17) is 0 Å². The van der Waals surface area contributed by atoms with Gasteiger partial charge in [-0.25, -0.2) is 0 Å². The molecule has 116 valence electrons. The first-order valence-corrected chi connectivity index (χ1v) is 6.89. The molecule has 0 aliphatic carbocycles. The molecule has 0 aliphatic rings. The summed E-state index contributed by atoms with van der Waals surface area (Å²) in [7, 11) is 0. The van der Waals surface area contributed by atoms with E-state index in [0.717, 1.165) is 0 Å². The minimum Gasteiger partial charge on any atom is -1.00 e. The Bertz CT molecular complexity index is 831. The van der Waals surface area contributed by atoms with Gasteiger partial charge >= 0.3 is 19.5 Å². The van der Waals surface area contributed by atoms with Gasteiger partial charge in [0.1, 0.15) is 0 Å². The van der Waals surface area contributed by atoms with E-state index in [2.05, 4.69) is 84.9 Å². The maximum Gasteiger partial charge on any atom is 2.00 e. The Morgan fingerprint density at radius 2 is 0.739 bits per heavy atom. The summed E-state index contributed by atoms with van der Waals surface area (Å²) in [6, 6.07) is 30.2. The molecule has 4 aromatic rings. The van der Waals surface area contributed by atoms with E-state index in [1.807, 2.05) is 0 Å². The molecular weight excluding hydrogens is 412 g/mol. The third-order valence-electron chi connectivity index (χ3n) is 3.87. The van der Waals surface area contributed by atoms with Crippen LogP contribution in [0.1, 0.15) is 0 Å². The monoisotopic (exact) mass is 426 g/mol. The first-order valence-electron chi connectivity index (χ1n) is 6.89. The maximum absolute atomic E-state index is 2.21. The van der Waals surface area contributed by atoms with Gasteiger partial charge in [-0.2, -0.15) is 0 Å². The number of fused-ring (bicyclic) bond motifs is 2. The van der Waals surface area contributed by atoms with Crippen LogP contribution in [0.5, 0.6) is 0 Å². The van der Waals surface area contributed by atoms with E-state index < -0.39 is 0 Å². The second-order valence-corrected chi connectivity index (χ2v) is 5.05. The second kappa shape index (κ2) is 8.45. The van der Waals surface area contributed by atoms with Crippen molar-refractivity contribution in [3.63, 3.8) is 0 Å². The predicted octanol–water partition coefficient (Wildman–Crippen LogP) is -0.334. The minimum absolute atomic E-state index is 0. The van der Waals surface area contributed by atoms with Crippen LogP contribution >= 0.6 is 0 Å². The Hall–Kier alpha value is -1.40. The molecule has 0 heterocycles. The van der Waals surface area contributed by atoms with Crippen molar-refractivity contribution in [2.24, 2.45) is 0 Å². The van der Waals surface area contributed by atoms with Gasteiger partial charge in [0.25, 0.3) is 0 Å². The Morgan fingerprint density at radius 1 is 0.391 bits per heavy atom. The molecule has 0 saturated heterocycles. The van der Waals surface area contributed by atoms with Gasteiger partial charge in [0.15, 0.2) is 0 Å². The van der Waals surface area contributed by atoms with Crippen LogP contribution < -0.4 is 24.8 Å². The van der Waals surface area contributed by atoms with Crippen LogP contribution in [0.15, 0.2) is 84.9 Å². The molecule has 4 rings (SSSR count). The Morgan fingerprint density at radius 3 is 1.17 bits per heavy atom. The van der Waals surface area contributed by atoms with E-state index in [-0.39, 0.29) is 44.3 Å². The van der Waals surface area contributed by atoms with E-state index in [1.54, 1.807) is 0 Å². The summed E-state index contributed by atoms with van der Waals surface area (Å²) < 4.78 is 0. The molecule has 0 amide bonds. The Labute approximate surface area is 161 Å². The summed E-state index contributed by atoms with van der Waals surface area (Å²) in [5.41, 5.74) is 2.61. The topological polar surface area (TPSA) is 0 Å². The van der Waals surface area contributed by atoms with Gasteiger partial charge in [-0.3, -0.25) is 0 Å². The molecule has 4 aromatic carbocycles. The molecule has 3 heteroatoms. The molecular formula is C20H14Cl2Ru. The van der Waals surface area contributed by atoms with Crippen LogP contribution in [0, 0.1) is 0 Å². The largest absolute Gasteiger partial charge is 2.00 e. The van der Waals surface area contributed by atoms with Crippen molar-refractivity contribution in [2.75, 3.05) is 0 Å². The molecule has 0 aromatic heterocycles. The van der Waals surface area contributed by atoms with Gasteiger partial charge < -0.3 is 24.8 Å². The van der Waals surface area contributed by atoms with Crippen molar-refractivity contribution in [1.82, 2.24) is 0 Å². The molecule has 0 fully saturated rings. The van der Waals surface area contributed by atoms with E-state index >= 15 is 0 Å². The quantitative estimate of drug-likeness (QED) is 0.366. The number of benzene rings is 4. The smallest absolute Gasteiger partial charge is 1.00 e. The number of hydrogen-bond acceptors (Lipinski definition) is 0. The van der Waals surface area contributed by atoms with Crippen molar-refractivity contribution in [3.8, 4) is 11.1 Å². The molecule has 0 spiro atoms. The van der Waals surface area contributed by atoms with Crippen LogP contribution in [0.4, 0.5) is 0 Å². The van der Waals surface area contributed by atoms with Gasteiger partial charge in [-0.1, -0.05) is 84.9 Å². The molecule has 0 radical (unpaired) electrons. The molecule has 0 bridgehead atoms. The number of rotatable bonds is 1. The normalized spacial score (nSPS) is 9.57. The first-order chi connectivity index (χ1) is 9.93. The van der Waals surface area contributed by atoms with Crippen LogP contribution in [0.25, 0.3) is 32.7 Å². The number of halogens is 2. The molecule has 23 heavy (non-hydrogen) atoms. The standard InChI is InChI=1S/C20H14.2ClH.Ru/c1-3-11-17-15(7-1)9-5-13-19(17)20-14-6-10-16-8-2-4-12-18(16)20;;;/h1-14H;2*1H;/q;;;+2/p-2. The minimum atomic E-state index is 0. The van der Waals surface area contributed by atoms with E-state index in [0.29, 0.717) is 0 Å². The van der Waals surface area contributed by atoms with Crippen LogP contribution in [-0.4, -0.2) is 0 Å². The zero-order valence-corrected chi connectivity index (χ0v) is 15.4. The zero-order valence-electron chi connectivity index (χ0n) is 12.2. The maximum atomic E-state index is 2.21. The molecule has 0 nitrogen and oxygen atoms in total. The zero-order chi connectivity index (χ0) is 13.4. The van der Waals surface area contributed by atoms with Gasteiger partial charge in [-0.15, -0.1) is 0 Å². The predicted molar refractivity (Wildman–Crippen MR) is 86.9 cm³/mol. The summed E-state index contributed by atoms with van der Waals surface area (Å²) in [5, 5.41) is 5.20. The summed E-state index contributed by atoms with van der Waals surface area (Å²) in [6.07, 6.45) is 0. The molecule has 0 saturated carbocycles. The molecule has 0 unspecified atom stereocenters. The third-order valence-corrected chi connectivity index (χ3v) is 3.87.